The average molecular weight is 585 g/mol. The van der Waals surface area contributed by atoms with E-state index in [1.165, 1.54) is 6.42 Å². The average Bonchev–Trinajstić information content (AvgIpc) is 3.43. The van der Waals surface area contributed by atoms with Crippen molar-refractivity contribution in [2.45, 2.75) is 72.1 Å². The molecule has 1 atom stereocenters. The number of aliphatic carboxylic acids is 1. The van der Waals surface area contributed by atoms with Gasteiger partial charge in [-0.2, -0.15) is 0 Å². The number of hydrogen-bond acceptors (Lipinski definition) is 6. The number of carbonyl (C=O) groups excluding carboxylic acids is 1. The van der Waals surface area contributed by atoms with E-state index in [1.807, 2.05) is 89.2 Å². The van der Waals surface area contributed by atoms with Gasteiger partial charge in [0.15, 0.2) is 6.10 Å². The van der Waals surface area contributed by atoms with Crippen LogP contribution in [0, 0.1) is 19.3 Å². The fourth-order valence-electron chi connectivity index (χ4n) is 6.51. The molecule has 2 aromatic carbocycles. The van der Waals surface area contributed by atoms with E-state index >= 15 is 0 Å². The molecule has 43 heavy (non-hydrogen) atoms. The minimum Gasteiger partial charge on any atom is -0.479 e. The lowest BCUT2D eigenvalue weighted by molar-refractivity contribution is -0.160. The zero-order valence-electron chi connectivity index (χ0n) is 26.0. The van der Waals surface area contributed by atoms with Gasteiger partial charge < -0.3 is 25.4 Å². The fourth-order valence-corrected chi connectivity index (χ4v) is 6.51. The van der Waals surface area contributed by atoms with Gasteiger partial charge in [0.05, 0.1) is 11.3 Å². The Morgan fingerprint density at radius 1 is 1.02 bits per heavy atom. The molecule has 2 fully saturated rings. The van der Waals surface area contributed by atoms with E-state index in [-0.39, 0.29) is 5.91 Å². The van der Waals surface area contributed by atoms with Gasteiger partial charge in [-0.05, 0) is 89.1 Å². The Labute approximate surface area is 254 Å². The molecular formula is C35H44N4O4. The van der Waals surface area contributed by atoms with Crippen LogP contribution in [0.1, 0.15) is 79.0 Å². The lowest BCUT2D eigenvalue weighted by atomic mass is 9.77. The number of amides is 1. The molecule has 3 N–H and O–H groups in total. The standard InChI is InChI=1S/C35H44N4O4/c1-23-28(26-11-13-27(14-12-26)32(40)37-21-25-9-7-6-8-10-25)30(39-19-16-35(17-20-39)15-18-36-22-35)29(24(2)38-23)31(33(41)42)43-34(3,4)5/h6-14,31,36H,15-22H2,1-5H3,(H,37,40)(H,41,42). The highest BCUT2D eigenvalue weighted by Crippen LogP contribution is 2.46. The molecule has 8 heteroatoms. The number of carboxylic acid groups (broad SMARTS) is 1. The Morgan fingerprint density at radius 2 is 1.70 bits per heavy atom. The summed E-state index contributed by atoms with van der Waals surface area (Å²) in [6.07, 6.45) is 2.08. The van der Waals surface area contributed by atoms with Gasteiger partial charge in [0, 0.05) is 54.3 Å². The van der Waals surface area contributed by atoms with Crippen LogP contribution in [0.3, 0.4) is 0 Å². The first-order chi connectivity index (χ1) is 20.5. The number of hydrogen-bond donors (Lipinski definition) is 3. The van der Waals surface area contributed by atoms with Gasteiger partial charge in [0.2, 0.25) is 0 Å². The predicted molar refractivity (Wildman–Crippen MR) is 169 cm³/mol. The highest BCUT2D eigenvalue weighted by molar-refractivity contribution is 5.95. The summed E-state index contributed by atoms with van der Waals surface area (Å²) < 4.78 is 6.21. The molecule has 1 unspecified atom stereocenters. The number of aromatic nitrogens is 1. The number of piperidine rings is 1. The molecular weight excluding hydrogens is 540 g/mol. The molecule has 1 spiro atoms. The van der Waals surface area contributed by atoms with E-state index < -0.39 is 17.7 Å². The third kappa shape index (κ3) is 6.92. The van der Waals surface area contributed by atoms with Gasteiger partial charge in [-0.1, -0.05) is 42.5 Å². The molecule has 5 rings (SSSR count). The summed E-state index contributed by atoms with van der Waals surface area (Å²) in [5.74, 6) is -1.18. The minimum atomic E-state index is -1.17. The Bertz CT molecular complexity index is 1450. The molecule has 228 valence electrons. The number of nitrogens with one attached hydrogen (secondary N) is 2. The Morgan fingerprint density at radius 3 is 2.28 bits per heavy atom. The number of carboxylic acids is 1. The molecule has 0 aliphatic carbocycles. The first kappa shape index (κ1) is 30.7. The van der Waals surface area contributed by atoms with E-state index in [0.717, 1.165) is 67.1 Å². The molecule has 3 heterocycles. The van der Waals surface area contributed by atoms with Crippen LogP contribution in [0.5, 0.6) is 0 Å². The van der Waals surface area contributed by atoms with E-state index in [4.69, 9.17) is 9.72 Å². The number of ether oxygens (including phenoxy) is 1. The van der Waals surface area contributed by atoms with Gasteiger partial charge in [-0.15, -0.1) is 0 Å². The van der Waals surface area contributed by atoms with Crippen molar-refractivity contribution < 1.29 is 19.4 Å². The van der Waals surface area contributed by atoms with Crippen molar-refractivity contribution in [2.24, 2.45) is 5.41 Å². The largest absolute Gasteiger partial charge is 0.479 e. The summed E-state index contributed by atoms with van der Waals surface area (Å²) in [5.41, 5.74) is 5.97. The maximum Gasteiger partial charge on any atom is 0.337 e. The monoisotopic (exact) mass is 584 g/mol. The first-order valence-corrected chi connectivity index (χ1v) is 15.3. The molecule has 3 aromatic rings. The quantitative estimate of drug-likeness (QED) is 0.307. The van der Waals surface area contributed by atoms with Crippen LogP contribution in [0.2, 0.25) is 0 Å². The molecule has 0 bridgehead atoms. The second-order valence-electron chi connectivity index (χ2n) is 13.0. The number of pyridine rings is 1. The SMILES string of the molecule is Cc1nc(C)c(C(OC(C)(C)C)C(=O)O)c(N2CCC3(CCNC3)CC2)c1-c1ccc(C(=O)NCc2ccccc2)cc1. The zero-order chi connectivity index (χ0) is 30.8. The molecule has 1 amide bonds. The normalized spacial score (nSPS) is 17.2. The zero-order valence-corrected chi connectivity index (χ0v) is 26.0. The van der Waals surface area contributed by atoms with Crippen LogP contribution < -0.4 is 15.5 Å². The number of nitrogens with zero attached hydrogens (tertiary/aromatic N) is 2. The second-order valence-corrected chi connectivity index (χ2v) is 13.0. The van der Waals surface area contributed by atoms with Crippen molar-refractivity contribution in [1.82, 2.24) is 15.6 Å². The molecule has 2 saturated heterocycles. The maximum atomic E-state index is 12.9. The Hall–Kier alpha value is -3.75. The summed E-state index contributed by atoms with van der Waals surface area (Å²) in [6, 6.07) is 17.4. The van der Waals surface area contributed by atoms with Crippen molar-refractivity contribution in [3.8, 4) is 11.1 Å². The lowest BCUT2D eigenvalue weighted by Gasteiger charge is -2.42. The van der Waals surface area contributed by atoms with Crippen molar-refractivity contribution in [2.75, 3.05) is 31.1 Å². The summed E-state index contributed by atoms with van der Waals surface area (Å²) >= 11 is 0. The smallest absolute Gasteiger partial charge is 0.337 e. The summed E-state index contributed by atoms with van der Waals surface area (Å²) in [7, 11) is 0. The minimum absolute atomic E-state index is 0.147. The third-order valence-electron chi connectivity index (χ3n) is 8.74. The fraction of sp³-hybridized carbons (Fsp3) is 0.457. The van der Waals surface area contributed by atoms with Gasteiger partial charge >= 0.3 is 5.97 Å². The number of benzene rings is 2. The maximum absolute atomic E-state index is 12.9. The van der Waals surface area contributed by atoms with Crippen LogP contribution in [0.25, 0.3) is 11.1 Å². The number of aryl methyl sites for hydroxylation is 2. The molecule has 0 saturated carbocycles. The Kier molecular flexibility index (Phi) is 8.90. The third-order valence-corrected chi connectivity index (χ3v) is 8.74. The summed E-state index contributed by atoms with van der Waals surface area (Å²) in [4.78, 5) is 32.9. The second kappa shape index (κ2) is 12.5. The predicted octanol–water partition coefficient (Wildman–Crippen LogP) is 5.82. The van der Waals surface area contributed by atoms with Gasteiger partial charge in [0.1, 0.15) is 0 Å². The van der Waals surface area contributed by atoms with E-state index in [1.54, 1.807) is 0 Å². The van der Waals surface area contributed by atoms with Gasteiger partial charge in [0.25, 0.3) is 5.91 Å². The summed E-state index contributed by atoms with van der Waals surface area (Å²) in [5, 5.41) is 17.0. The number of carbonyl (C=O) groups is 2. The Balaban J connectivity index is 1.53. The van der Waals surface area contributed by atoms with Crippen LogP contribution >= 0.6 is 0 Å². The highest BCUT2D eigenvalue weighted by Gasteiger charge is 2.40. The molecule has 2 aliphatic rings. The van der Waals surface area contributed by atoms with Gasteiger partial charge in [-0.25, -0.2) is 4.79 Å². The van der Waals surface area contributed by atoms with Crippen LogP contribution in [-0.4, -0.2) is 53.7 Å². The highest BCUT2D eigenvalue weighted by atomic mass is 16.5. The van der Waals surface area contributed by atoms with E-state index in [9.17, 15) is 14.7 Å². The number of rotatable bonds is 8. The van der Waals surface area contributed by atoms with Crippen molar-refractivity contribution in [1.29, 1.82) is 0 Å². The molecule has 2 aliphatic heterocycles. The topological polar surface area (TPSA) is 104 Å². The van der Waals surface area contributed by atoms with Crippen LogP contribution in [0.4, 0.5) is 5.69 Å². The lowest BCUT2D eigenvalue weighted by Crippen LogP contribution is -2.42. The van der Waals surface area contributed by atoms with Crippen LogP contribution in [-0.2, 0) is 16.1 Å². The van der Waals surface area contributed by atoms with E-state index in [0.29, 0.717) is 28.8 Å². The van der Waals surface area contributed by atoms with Crippen molar-refractivity contribution in [3.63, 3.8) is 0 Å². The van der Waals surface area contributed by atoms with Crippen LogP contribution in [0.15, 0.2) is 54.6 Å². The molecule has 8 nitrogen and oxygen atoms in total. The molecule has 0 radical (unpaired) electrons. The summed E-state index contributed by atoms with van der Waals surface area (Å²) in [6.45, 7) is 13.7. The van der Waals surface area contributed by atoms with E-state index in [2.05, 4.69) is 15.5 Å². The van der Waals surface area contributed by atoms with Crippen molar-refractivity contribution >= 4 is 17.6 Å². The van der Waals surface area contributed by atoms with Gasteiger partial charge in [-0.3, -0.25) is 9.78 Å². The first-order valence-electron chi connectivity index (χ1n) is 15.3. The number of anilines is 1. The molecule has 1 aromatic heterocycles. The van der Waals surface area contributed by atoms with Crippen molar-refractivity contribution in [3.05, 3.63) is 82.7 Å².